The normalized spacial score (nSPS) is 28.5. The van der Waals surface area contributed by atoms with Gasteiger partial charge in [0, 0.05) is 26.2 Å². The average Bonchev–Trinajstić information content (AvgIpc) is 2.89. The summed E-state index contributed by atoms with van der Waals surface area (Å²) in [6.45, 7) is 7.23. The molecule has 2 heterocycles. The lowest BCUT2D eigenvalue weighted by Gasteiger charge is -2.38. The zero-order valence-electron chi connectivity index (χ0n) is 14.5. The van der Waals surface area contributed by atoms with Crippen molar-refractivity contribution in [3.05, 3.63) is 0 Å². The third-order valence-corrected chi connectivity index (χ3v) is 4.98. The van der Waals surface area contributed by atoms with Crippen molar-refractivity contribution in [1.82, 2.24) is 15.1 Å². The average molecular weight is 372 g/mol. The maximum atomic E-state index is 12.6. The third kappa shape index (κ3) is 6.08. The first-order chi connectivity index (χ1) is 10.7. The van der Waals surface area contributed by atoms with Crippen molar-refractivity contribution in [1.29, 1.82) is 0 Å². The molecule has 1 N–H and O–H groups in total. The number of nitrogens with zero attached hydrogens (tertiary/aromatic N) is 2. The second-order valence-electron chi connectivity index (χ2n) is 7.28. The van der Waals surface area contributed by atoms with Crippen molar-refractivity contribution < 1.29 is 18.0 Å². The zero-order valence-corrected chi connectivity index (χ0v) is 15.3. The molecule has 2 aliphatic heterocycles. The Morgan fingerprint density at radius 1 is 1.42 bits per heavy atom. The number of likely N-dealkylation sites (tertiary alicyclic amines) is 1. The Balaban J connectivity index is 0.00000288. The summed E-state index contributed by atoms with van der Waals surface area (Å²) < 4.78 is 37.8. The summed E-state index contributed by atoms with van der Waals surface area (Å²) in [7, 11) is 0. The molecule has 2 aliphatic rings. The summed E-state index contributed by atoms with van der Waals surface area (Å²) >= 11 is 0. The quantitative estimate of drug-likeness (QED) is 0.806. The van der Waals surface area contributed by atoms with Gasteiger partial charge in [0.15, 0.2) is 0 Å². The lowest BCUT2D eigenvalue weighted by Crippen LogP contribution is -2.49. The second-order valence-corrected chi connectivity index (χ2v) is 7.28. The number of carbonyl (C=O) groups is 1. The van der Waals surface area contributed by atoms with Crippen LogP contribution in [0.3, 0.4) is 0 Å². The SMILES string of the molecule is CCN(CC(F)(F)F)C(=O)C1CCCN(CC2(C)CCNC2)C1.Cl. The number of halogens is 4. The Morgan fingerprint density at radius 2 is 2.12 bits per heavy atom. The van der Waals surface area contributed by atoms with Gasteiger partial charge in [-0.1, -0.05) is 6.92 Å². The molecule has 8 heteroatoms. The van der Waals surface area contributed by atoms with Gasteiger partial charge in [-0.25, -0.2) is 0 Å². The molecule has 0 aromatic carbocycles. The molecule has 0 aromatic heterocycles. The van der Waals surface area contributed by atoms with Gasteiger partial charge in [-0.05, 0) is 44.7 Å². The van der Waals surface area contributed by atoms with Crippen LogP contribution in [0.5, 0.6) is 0 Å². The van der Waals surface area contributed by atoms with Gasteiger partial charge in [-0.15, -0.1) is 12.4 Å². The highest BCUT2D eigenvalue weighted by Crippen LogP contribution is 2.29. The smallest absolute Gasteiger partial charge is 0.334 e. The van der Waals surface area contributed by atoms with Crippen LogP contribution in [0, 0.1) is 11.3 Å². The molecule has 0 saturated carbocycles. The Kier molecular flexibility index (Phi) is 7.81. The van der Waals surface area contributed by atoms with E-state index in [2.05, 4.69) is 17.1 Å². The first-order valence-electron chi connectivity index (χ1n) is 8.51. The van der Waals surface area contributed by atoms with E-state index in [9.17, 15) is 18.0 Å². The van der Waals surface area contributed by atoms with Crippen LogP contribution in [-0.2, 0) is 4.79 Å². The molecular weight excluding hydrogens is 343 g/mol. The first-order valence-corrected chi connectivity index (χ1v) is 8.51. The van der Waals surface area contributed by atoms with E-state index in [1.165, 1.54) is 0 Å². The van der Waals surface area contributed by atoms with E-state index < -0.39 is 12.7 Å². The number of hydrogen-bond acceptors (Lipinski definition) is 3. The first kappa shape index (κ1) is 21.5. The topological polar surface area (TPSA) is 35.6 Å². The van der Waals surface area contributed by atoms with Crippen LogP contribution < -0.4 is 5.32 Å². The summed E-state index contributed by atoms with van der Waals surface area (Å²) in [6.07, 6.45) is -1.65. The maximum absolute atomic E-state index is 12.6. The van der Waals surface area contributed by atoms with Crippen molar-refractivity contribution in [2.24, 2.45) is 11.3 Å². The molecule has 0 aliphatic carbocycles. The van der Waals surface area contributed by atoms with Gasteiger partial charge in [0.1, 0.15) is 6.54 Å². The van der Waals surface area contributed by atoms with Crippen molar-refractivity contribution in [2.75, 3.05) is 45.8 Å². The van der Waals surface area contributed by atoms with Crippen LogP contribution in [0.25, 0.3) is 0 Å². The maximum Gasteiger partial charge on any atom is 0.406 e. The van der Waals surface area contributed by atoms with Crippen LogP contribution in [-0.4, -0.2) is 67.7 Å². The van der Waals surface area contributed by atoms with Gasteiger partial charge in [0.05, 0.1) is 5.92 Å². The van der Waals surface area contributed by atoms with Crippen molar-refractivity contribution in [3.63, 3.8) is 0 Å². The largest absolute Gasteiger partial charge is 0.406 e. The van der Waals surface area contributed by atoms with E-state index >= 15 is 0 Å². The molecule has 142 valence electrons. The molecule has 1 amide bonds. The number of rotatable bonds is 5. The molecule has 2 fully saturated rings. The van der Waals surface area contributed by atoms with Crippen LogP contribution in [0.4, 0.5) is 13.2 Å². The van der Waals surface area contributed by atoms with E-state index in [1.807, 2.05) is 0 Å². The summed E-state index contributed by atoms with van der Waals surface area (Å²) in [4.78, 5) is 15.7. The standard InChI is InChI=1S/C16H28F3N3O.ClH/c1-3-22(12-16(17,18)19)14(23)13-5-4-8-21(9-13)11-15(2)6-7-20-10-15;/h13,20H,3-12H2,1-2H3;1H. The highest BCUT2D eigenvalue weighted by molar-refractivity contribution is 5.85. The monoisotopic (exact) mass is 371 g/mol. The van der Waals surface area contributed by atoms with Crippen molar-refractivity contribution in [2.45, 2.75) is 39.3 Å². The number of alkyl halides is 3. The van der Waals surface area contributed by atoms with Crippen LogP contribution in [0.2, 0.25) is 0 Å². The number of hydrogen-bond donors (Lipinski definition) is 1. The Bertz CT molecular complexity index is 414. The summed E-state index contributed by atoms with van der Waals surface area (Å²) in [5.74, 6) is -0.645. The van der Waals surface area contributed by atoms with Crippen molar-refractivity contribution >= 4 is 18.3 Å². The molecular formula is C16H29ClF3N3O. The summed E-state index contributed by atoms with van der Waals surface area (Å²) in [6, 6.07) is 0. The predicted molar refractivity (Wildman–Crippen MR) is 90.3 cm³/mol. The summed E-state index contributed by atoms with van der Waals surface area (Å²) in [5.41, 5.74) is 0.210. The van der Waals surface area contributed by atoms with E-state index in [0.29, 0.717) is 13.0 Å². The minimum atomic E-state index is -4.33. The van der Waals surface area contributed by atoms with Gasteiger partial charge in [-0.2, -0.15) is 13.2 Å². The van der Waals surface area contributed by atoms with Gasteiger partial charge < -0.3 is 15.1 Å². The fourth-order valence-corrected chi connectivity index (χ4v) is 3.76. The number of nitrogens with one attached hydrogen (secondary N) is 1. The molecule has 0 aromatic rings. The van der Waals surface area contributed by atoms with Gasteiger partial charge in [0.2, 0.25) is 5.91 Å². The number of carbonyl (C=O) groups excluding carboxylic acids is 1. The van der Waals surface area contributed by atoms with Gasteiger partial charge >= 0.3 is 6.18 Å². The molecule has 0 spiro atoms. The molecule has 24 heavy (non-hydrogen) atoms. The van der Waals surface area contributed by atoms with E-state index in [-0.39, 0.29) is 36.2 Å². The van der Waals surface area contributed by atoms with Gasteiger partial charge in [0.25, 0.3) is 0 Å². The molecule has 0 bridgehead atoms. The fraction of sp³-hybridized carbons (Fsp3) is 0.938. The molecule has 4 nitrogen and oxygen atoms in total. The minimum Gasteiger partial charge on any atom is -0.334 e. The fourth-order valence-electron chi connectivity index (χ4n) is 3.76. The lowest BCUT2D eigenvalue weighted by molar-refractivity contribution is -0.164. The Morgan fingerprint density at radius 3 is 2.67 bits per heavy atom. The number of piperidine rings is 1. The second kappa shape index (κ2) is 8.72. The highest BCUT2D eigenvalue weighted by atomic mass is 35.5. The molecule has 2 saturated heterocycles. The van der Waals surface area contributed by atoms with Gasteiger partial charge in [-0.3, -0.25) is 4.79 Å². The predicted octanol–water partition coefficient (Wildman–Crippen LogP) is 2.53. The number of amides is 1. The third-order valence-electron chi connectivity index (χ3n) is 4.98. The van der Waals surface area contributed by atoms with Crippen LogP contribution >= 0.6 is 12.4 Å². The highest BCUT2D eigenvalue weighted by Gasteiger charge is 2.37. The van der Waals surface area contributed by atoms with Crippen molar-refractivity contribution in [3.8, 4) is 0 Å². The molecule has 2 atom stereocenters. The van der Waals surface area contributed by atoms with E-state index in [1.54, 1.807) is 6.92 Å². The van der Waals surface area contributed by atoms with E-state index in [0.717, 1.165) is 43.9 Å². The lowest BCUT2D eigenvalue weighted by atomic mass is 9.87. The zero-order chi connectivity index (χ0) is 17.1. The van der Waals surface area contributed by atoms with E-state index in [4.69, 9.17) is 0 Å². The van der Waals surface area contributed by atoms with Crippen LogP contribution in [0.15, 0.2) is 0 Å². The Labute approximate surface area is 148 Å². The van der Waals surface area contributed by atoms with Crippen LogP contribution in [0.1, 0.15) is 33.1 Å². The minimum absolute atomic E-state index is 0. The molecule has 2 unspecified atom stereocenters. The molecule has 2 rings (SSSR count). The Hall–Kier alpha value is -0.530. The summed E-state index contributed by atoms with van der Waals surface area (Å²) in [5, 5.41) is 3.36. The molecule has 0 radical (unpaired) electrons.